The highest BCUT2D eigenvalue weighted by Crippen LogP contribution is 2.20. The highest BCUT2D eigenvalue weighted by Gasteiger charge is 2.29. The smallest absolute Gasteiger partial charge is 0.334 e. The maximum atomic E-state index is 13.4. The van der Waals surface area contributed by atoms with Crippen LogP contribution in [0.4, 0.5) is 23.7 Å². The predicted octanol–water partition coefficient (Wildman–Crippen LogP) is 1.42. The van der Waals surface area contributed by atoms with Crippen molar-refractivity contribution in [1.29, 1.82) is 0 Å². The van der Waals surface area contributed by atoms with Gasteiger partial charge in [0.2, 0.25) is 0 Å². The molecule has 1 aliphatic heterocycles. The second-order valence-electron chi connectivity index (χ2n) is 4.32. The van der Waals surface area contributed by atoms with Crippen molar-refractivity contribution in [2.45, 2.75) is 6.10 Å². The van der Waals surface area contributed by atoms with Gasteiger partial charge < -0.3 is 20.1 Å². The van der Waals surface area contributed by atoms with Crippen LogP contribution in [0.25, 0.3) is 0 Å². The zero-order valence-electron chi connectivity index (χ0n) is 10.6. The first kappa shape index (κ1) is 15.1. The molecule has 0 aliphatic carbocycles. The number of amides is 2. The predicted molar refractivity (Wildman–Crippen MR) is 64.3 cm³/mol. The monoisotopic (exact) mass is 304 g/mol. The molecule has 1 aromatic rings. The Hall–Kier alpha value is -2.29. The first-order valence-corrected chi connectivity index (χ1v) is 5.93. The molecule has 9 heteroatoms. The molecule has 0 aromatic heterocycles. The van der Waals surface area contributed by atoms with Crippen LogP contribution in [-0.4, -0.2) is 47.8 Å². The average molecular weight is 304 g/mol. The lowest BCUT2D eigenvalue weighted by Crippen LogP contribution is -2.50. The molecule has 0 radical (unpaired) electrons. The molecule has 1 unspecified atom stereocenters. The van der Waals surface area contributed by atoms with Gasteiger partial charge in [0.1, 0.15) is 5.82 Å². The third-order valence-electron chi connectivity index (χ3n) is 2.86. The first-order valence-electron chi connectivity index (χ1n) is 5.93. The number of halogens is 3. The van der Waals surface area contributed by atoms with Crippen molar-refractivity contribution in [3.05, 3.63) is 29.6 Å². The summed E-state index contributed by atoms with van der Waals surface area (Å²) in [5.74, 6) is -5.12. The fourth-order valence-electron chi connectivity index (χ4n) is 1.82. The summed E-state index contributed by atoms with van der Waals surface area (Å²) in [7, 11) is 0. The summed E-state index contributed by atoms with van der Waals surface area (Å²) in [5.41, 5.74) is -0.657. The van der Waals surface area contributed by atoms with E-state index < -0.39 is 41.2 Å². The van der Waals surface area contributed by atoms with Gasteiger partial charge in [-0.2, -0.15) is 0 Å². The minimum atomic E-state index is -1.43. The van der Waals surface area contributed by atoms with Crippen molar-refractivity contribution in [1.82, 2.24) is 4.90 Å². The molecule has 1 aromatic carbocycles. The lowest BCUT2D eigenvalue weighted by molar-refractivity contribution is -0.154. The van der Waals surface area contributed by atoms with Crippen LogP contribution < -0.4 is 5.32 Å². The second kappa shape index (κ2) is 6.00. The van der Waals surface area contributed by atoms with Gasteiger partial charge in [0, 0.05) is 18.7 Å². The van der Waals surface area contributed by atoms with Crippen LogP contribution in [-0.2, 0) is 9.53 Å². The number of carbonyl (C=O) groups excluding carboxylic acids is 1. The summed E-state index contributed by atoms with van der Waals surface area (Å²) in [6.07, 6.45) is -1.20. The van der Waals surface area contributed by atoms with E-state index >= 15 is 0 Å². The minimum absolute atomic E-state index is 0.00954. The van der Waals surface area contributed by atoms with Gasteiger partial charge in [0.25, 0.3) is 0 Å². The fourth-order valence-corrected chi connectivity index (χ4v) is 1.82. The van der Waals surface area contributed by atoms with Crippen LogP contribution in [0.1, 0.15) is 0 Å². The molecular weight excluding hydrogens is 293 g/mol. The first-order chi connectivity index (χ1) is 9.88. The number of hydrogen-bond acceptors (Lipinski definition) is 3. The highest BCUT2D eigenvalue weighted by molar-refractivity contribution is 5.90. The number of hydrogen-bond donors (Lipinski definition) is 2. The van der Waals surface area contributed by atoms with E-state index in [1.807, 2.05) is 5.32 Å². The standard InChI is InChI=1S/C12H11F3N2O4/c13-6-3-7(14)10(15)8(4-6)16-12(20)17-1-2-21-9(5-17)11(18)19/h3-4,9H,1-2,5H2,(H,16,20)(H,18,19). The van der Waals surface area contributed by atoms with Gasteiger partial charge in [-0.1, -0.05) is 0 Å². The zero-order chi connectivity index (χ0) is 15.6. The number of nitrogens with one attached hydrogen (secondary N) is 1. The van der Waals surface area contributed by atoms with Gasteiger partial charge in [0.05, 0.1) is 18.8 Å². The van der Waals surface area contributed by atoms with E-state index in [0.717, 1.165) is 4.90 Å². The molecule has 2 rings (SSSR count). The van der Waals surface area contributed by atoms with Crippen molar-refractivity contribution in [2.24, 2.45) is 0 Å². The molecule has 21 heavy (non-hydrogen) atoms. The van der Waals surface area contributed by atoms with Gasteiger partial charge in [-0.05, 0) is 0 Å². The summed E-state index contributed by atoms with van der Waals surface area (Å²) in [6, 6.07) is 0.111. The van der Waals surface area contributed by atoms with Gasteiger partial charge in [0.15, 0.2) is 17.7 Å². The largest absolute Gasteiger partial charge is 0.479 e. The summed E-state index contributed by atoms with van der Waals surface area (Å²) >= 11 is 0. The average Bonchev–Trinajstić information content (AvgIpc) is 2.44. The number of benzene rings is 1. The van der Waals surface area contributed by atoms with E-state index in [0.29, 0.717) is 12.1 Å². The number of anilines is 1. The molecule has 1 saturated heterocycles. The molecule has 2 amide bonds. The normalized spacial score (nSPS) is 18.4. The van der Waals surface area contributed by atoms with E-state index in [1.54, 1.807) is 0 Å². The Bertz CT molecular complexity index is 582. The van der Waals surface area contributed by atoms with Crippen LogP contribution in [0.5, 0.6) is 0 Å². The topological polar surface area (TPSA) is 78.9 Å². The quantitative estimate of drug-likeness (QED) is 0.810. The third-order valence-corrected chi connectivity index (χ3v) is 2.86. The molecule has 1 heterocycles. The molecule has 0 bridgehead atoms. The number of urea groups is 1. The van der Waals surface area contributed by atoms with Crippen molar-refractivity contribution in [3.8, 4) is 0 Å². The van der Waals surface area contributed by atoms with Crippen LogP contribution >= 0.6 is 0 Å². The van der Waals surface area contributed by atoms with Crippen molar-refractivity contribution in [3.63, 3.8) is 0 Å². The number of ether oxygens (including phenoxy) is 1. The Balaban J connectivity index is 2.09. The molecule has 1 aliphatic rings. The van der Waals surface area contributed by atoms with Crippen molar-refractivity contribution in [2.75, 3.05) is 25.0 Å². The van der Waals surface area contributed by atoms with E-state index in [-0.39, 0.29) is 19.7 Å². The van der Waals surface area contributed by atoms with Gasteiger partial charge in [-0.3, -0.25) is 0 Å². The van der Waals surface area contributed by atoms with Crippen molar-refractivity contribution < 1.29 is 32.6 Å². The maximum Gasteiger partial charge on any atom is 0.334 e. The SMILES string of the molecule is O=C(O)C1CN(C(=O)Nc2cc(F)cc(F)c2F)CCO1. The van der Waals surface area contributed by atoms with Gasteiger partial charge in [-0.25, -0.2) is 22.8 Å². The van der Waals surface area contributed by atoms with Crippen LogP contribution in [0, 0.1) is 17.5 Å². The minimum Gasteiger partial charge on any atom is -0.479 e. The van der Waals surface area contributed by atoms with E-state index in [2.05, 4.69) is 0 Å². The number of nitrogens with zero attached hydrogens (tertiary/aromatic N) is 1. The molecule has 114 valence electrons. The summed E-state index contributed by atoms with van der Waals surface area (Å²) in [5, 5.41) is 10.8. The second-order valence-corrected chi connectivity index (χ2v) is 4.32. The number of rotatable bonds is 2. The number of carbonyl (C=O) groups is 2. The lowest BCUT2D eigenvalue weighted by atomic mass is 10.2. The van der Waals surface area contributed by atoms with Crippen LogP contribution in [0.3, 0.4) is 0 Å². The Labute approximate surface area is 117 Å². The van der Waals surface area contributed by atoms with Crippen LogP contribution in [0.2, 0.25) is 0 Å². The zero-order valence-corrected chi connectivity index (χ0v) is 10.6. The van der Waals surface area contributed by atoms with Crippen molar-refractivity contribution >= 4 is 17.7 Å². The van der Waals surface area contributed by atoms with E-state index in [9.17, 15) is 22.8 Å². The molecule has 2 N–H and O–H groups in total. The number of carboxylic acid groups (broad SMARTS) is 1. The molecular formula is C12H11F3N2O4. The number of morpholine rings is 1. The Morgan fingerprint density at radius 2 is 2.05 bits per heavy atom. The Morgan fingerprint density at radius 1 is 1.33 bits per heavy atom. The fraction of sp³-hybridized carbons (Fsp3) is 0.333. The van der Waals surface area contributed by atoms with Gasteiger partial charge >= 0.3 is 12.0 Å². The summed E-state index contributed by atoms with van der Waals surface area (Å²) in [6.45, 7) is -0.181. The maximum absolute atomic E-state index is 13.4. The van der Waals surface area contributed by atoms with Crippen LogP contribution in [0.15, 0.2) is 12.1 Å². The molecule has 1 fully saturated rings. The molecule has 0 saturated carbocycles. The summed E-state index contributed by atoms with van der Waals surface area (Å²) in [4.78, 5) is 23.7. The van der Waals surface area contributed by atoms with E-state index in [4.69, 9.17) is 9.84 Å². The molecule has 0 spiro atoms. The Morgan fingerprint density at radius 3 is 2.71 bits per heavy atom. The molecule has 6 nitrogen and oxygen atoms in total. The lowest BCUT2D eigenvalue weighted by Gasteiger charge is -2.30. The number of aliphatic carboxylic acids is 1. The molecule has 1 atom stereocenters. The van der Waals surface area contributed by atoms with Gasteiger partial charge in [-0.15, -0.1) is 0 Å². The highest BCUT2D eigenvalue weighted by atomic mass is 19.2. The third kappa shape index (κ3) is 3.43. The Kier molecular flexibility index (Phi) is 4.32. The van der Waals surface area contributed by atoms with E-state index in [1.165, 1.54) is 0 Å². The summed E-state index contributed by atoms with van der Waals surface area (Å²) < 4.78 is 44.4. The number of carboxylic acids is 1.